The number of thiazole rings is 1. The molecule has 0 aliphatic heterocycles. The van der Waals surface area contributed by atoms with Gasteiger partial charge in [-0.1, -0.05) is 40.0 Å². The van der Waals surface area contributed by atoms with Crippen LogP contribution in [-0.2, 0) is 12.0 Å². The third-order valence-electron chi connectivity index (χ3n) is 4.58. The molecule has 3 heteroatoms. The number of aryl methyl sites for hydroxylation is 2. The van der Waals surface area contributed by atoms with E-state index in [-0.39, 0.29) is 5.54 Å². The molecule has 0 radical (unpaired) electrons. The molecule has 1 N–H and O–H groups in total. The van der Waals surface area contributed by atoms with Gasteiger partial charge >= 0.3 is 0 Å². The third-order valence-corrected chi connectivity index (χ3v) is 5.80. The molecule has 1 aliphatic carbocycles. The topological polar surface area (TPSA) is 24.9 Å². The largest absolute Gasteiger partial charge is 0.306 e. The van der Waals surface area contributed by atoms with Crippen molar-refractivity contribution in [3.05, 3.63) is 15.6 Å². The van der Waals surface area contributed by atoms with E-state index in [1.807, 2.05) is 11.3 Å². The van der Waals surface area contributed by atoms with Crippen molar-refractivity contribution < 1.29 is 0 Å². The average molecular weight is 280 g/mol. The molecule has 19 heavy (non-hydrogen) atoms. The van der Waals surface area contributed by atoms with Gasteiger partial charge in [-0.3, -0.25) is 0 Å². The molecule has 2 unspecified atom stereocenters. The van der Waals surface area contributed by atoms with Gasteiger partial charge < -0.3 is 5.32 Å². The summed E-state index contributed by atoms with van der Waals surface area (Å²) in [6, 6.07) is 0. The normalized spacial score (nSPS) is 27.7. The van der Waals surface area contributed by atoms with Gasteiger partial charge in [0.05, 0.1) is 11.2 Å². The van der Waals surface area contributed by atoms with E-state index in [1.165, 1.54) is 47.7 Å². The Morgan fingerprint density at radius 2 is 2.16 bits per heavy atom. The van der Waals surface area contributed by atoms with Gasteiger partial charge in [-0.25, -0.2) is 4.98 Å². The van der Waals surface area contributed by atoms with E-state index in [1.54, 1.807) is 0 Å². The summed E-state index contributed by atoms with van der Waals surface area (Å²) in [5.74, 6) is 0.863. The van der Waals surface area contributed by atoms with Gasteiger partial charge in [0.25, 0.3) is 0 Å². The summed E-state index contributed by atoms with van der Waals surface area (Å²) in [6.45, 7) is 10.0. The molecule has 2 nitrogen and oxygen atoms in total. The molecule has 108 valence electrons. The molecule has 1 heterocycles. The number of nitrogens with one attached hydrogen (secondary N) is 1. The SMILES string of the molecule is CCNC1(c2nc(CC)c(C)s2)CCCC(CC)C1. The van der Waals surface area contributed by atoms with Gasteiger partial charge in [0, 0.05) is 4.88 Å². The number of aromatic nitrogens is 1. The van der Waals surface area contributed by atoms with Gasteiger partial charge in [-0.2, -0.15) is 0 Å². The van der Waals surface area contributed by atoms with Crippen LogP contribution in [0.5, 0.6) is 0 Å². The molecule has 0 bridgehead atoms. The van der Waals surface area contributed by atoms with Crippen molar-refractivity contribution in [3.8, 4) is 0 Å². The second-order valence-electron chi connectivity index (χ2n) is 5.86. The van der Waals surface area contributed by atoms with E-state index in [2.05, 4.69) is 33.0 Å². The average Bonchev–Trinajstić information content (AvgIpc) is 2.81. The number of hydrogen-bond donors (Lipinski definition) is 1. The molecule has 1 aromatic heterocycles. The minimum Gasteiger partial charge on any atom is -0.306 e. The molecule has 1 aromatic rings. The Kier molecular flexibility index (Phi) is 5.02. The predicted octanol–water partition coefficient (Wildman–Crippen LogP) is 4.42. The van der Waals surface area contributed by atoms with E-state index in [0.29, 0.717) is 0 Å². The Morgan fingerprint density at radius 1 is 1.37 bits per heavy atom. The highest BCUT2D eigenvalue weighted by atomic mass is 32.1. The first-order chi connectivity index (χ1) is 9.15. The zero-order chi connectivity index (χ0) is 13.9. The molecule has 0 saturated heterocycles. The summed E-state index contributed by atoms with van der Waals surface area (Å²) in [7, 11) is 0. The standard InChI is InChI=1S/C16H28N2S/c1-5-13-9-8-10-16(11-13,17-7-3)15-18-14(6-2)12(4)19-15/h13,17H,5-11H2,1-4H3. The maximum absolute atomic E-state index is 4.97. The van der Waals surface area contributed by atoms with E-state index >= 15 is 0 Å². The lowest BCUT2D eigenvalue weighted by atomic mass is 9.75. The van der Waals surface area contributed by atoms with E-state index in [4.69, 9.17) is 4.98 Å². The molecule has 0 aromatic carbocycles. The Labute approximate surface area is 122 Å². The van der Waals surface area contributed by atoms with Crippen molar-refractivity contribution in [3.63, 3.8) is 0 Å². The molecular weight excluding hydrogens is 252 g/mol. The van der Waals surface area contributed by atoms with Crippen LogP contribution in [0.3, 0.4) is 0 Å². The highest BCUT2D eigenvalue weighted by molar-refractivity contribution is 7.11. The Bertz CT molecular complexity index is 409. The van der Waals surface area contributed by atoms with Crippen molar-refractivity contribution in [2.24, 2.45) is 5.92 Å². The first-order valence-corrected chi connectivity index (χ1v) is 8.68. The maximum Gasteiger partial charge on any atom is 0.113 e. The minimum absolute atomic E-state index is 0.163. The first kappa shape index (κ1) is 15.0. The van der Waals surface area contributed by atoms with Crippen LogP contribution in [0.25, 0.3) is 0 Å². The summed E-state index contributed by atoms with van der Waals surface area (Å²) in [4.78, 5) is 6.38. The Morgan fingerprint density at radius 3 is 2.74 bits per heavy atom. The van der Waals surface area contributed by atoms with Crippen molar-refractivity contribution >= 4 is 11.3 Å². The third kappa shape index (κ3) is 3.03. The van der Waals surface area contributed by atoms with Crippen molar-refractivity contribution in [2.75, 3.05) is 6.54 Å². The molecule has 1 saturated carbocycles. The molecule has 2 atom stereocenters. The van der Waals surface area contributed by atoms with Crippen LogP contribution in [0.2, 0.25) is 0 Å². The lowest BCUT2D eigenvalue weighted by Crippen LogP contribution is -2.46. The lowest BCUT2D eigenvalue weighted by Gasteiger charge is -2.40. The highest BCUT2D eigenvalue weighted by Crippen LogP contribution is 2.43. The fourth-order valence-corrected chi connectivity index (χ4v) is 4.67. The second-order valence-corrected chi connectivity index (χ2v) is 7.06. The molecule has 2 rings (SSSR count). The van der Waals surface area contributed by atoms with Gasteiger partial charge in [-0.05, 0) is 38.6 Å². The van der Waals surface area contributed by atoms with Gasteiger partial charge in [0.1, 0.15) is 5.01 Å². The lowest BCUT2D eigenvalue weighted by molar-refractivity contribution is 0.177. The van der Waals surface area contributed by atoms with E-state index in [0.717, 1.165) is 18.9 Å². The monoisotopic (exact) mass is 280 g/mol. The van der Waals surface area contributed by atoms with Crippen LogP contribution in [0, 0.1) is 12.8 Å². The minimum atomic E-state index is 0.163. The number of hydrogen-bond acceptors (Lipinski definition) is 3. The van der Waals surface area contributed by atoms with Gasteiger partial charge in [0.15, 0.2) is 0 Å². The summed E-state index contributed by atoms with van der Waals surface area (Å²) < 4.78 is 0. The zero-order valence-corrected chi connectivity index (χ0v) is 13.7. The molecule has 0 spiro atoms. The number of rotatable bonds is 5. The van der Waals surface area contributed by atoms with Crippen LogP contribution in [0.1, 0.15) is 68.5 Å². The van der Waals surface area contributed by atoms with Crippen molar-refractivity contribution in [1.82, 2.24) is 10.3 Å². The quantitative estimate of drug-likeness (QED) is 0.863. The van der Waals surface area contributed by atoms with Crippen LogP contribution in [0.4, 0.5) is 0 Å². The van der Waals surface area contributed by atoms with E-state index in [9.17, 15) is 0 Å². The van der Waals surface area contributed by atoms with E-state index < -0.39 is 0 Å². The van der Waals surface area contributed by atoms with Crippen molar-refractivity contribution in [1.29, 1.82) is 0 Å². The Hall–Kier alpha value is -0.410. The summed E-state index contributed by atoms with van der Waals surface area (Å²) >= 11 is 1.92. The summed E-state index contributed by atoms with van der Waals surface area (Å²) in [5, 5.41) is 5.14. The molecule has 0 amide bonds. The van der Waals surface area contributed by atoms with Crippen LogP contribution in [-0.4, -0.2) is 11.5 Å². The second kappa shape index (κ2) is 6.36. The fourth-order valence-electron chi connectivity index (χ4n) is 3.47. The first-order valence-electron chi connectivity index (χ1n) is 7.87. The predicted molar refractivity (Wildman–Crippen MR) is 83.8 cm³/mol. The molecular formula is C16H28N2S. The van der Waals surface area contributed by atoms with Crippen molar-refractivity contribution in [2.45, 2.75) is 71.8 Å². The van der Waals surface area contributed by atoms with Crippen LogP contribution >= 0.6 is 11.3 Å². The highest BCUT2D eigenvalue weighted by Gasteiger charge is 2.39. The Balaban J connectivity index is 2.31. The smallest absolute Gasteiger partial charge is 0.113 e. The fraction of sp³-hybridized carbons (Fsp3) is 0.812. The molecule has 1 aliphatic rings. The van der Waals surface area contributed by atoms with Gasteiger partial charge in [-0.15, -0.1) is 11.3 Å². The summed E-state index contributed by atoms with van der Waals surface area (Å²) in [6.07, 6.45) is 7.63. The van der Waals surface area contributed by atoms with Gasteiger partial charge in [0.2, 0.25) is 0 Å². The maximum atomic E-state index is 4.97. The zero-order valence-electron chi connectivity index (χ0n) is 12.9. The molecule has 1 fully saturated rings. The van der Waals surface area contributed by atoms with Crippen LogP contribution in [0.15, 0.2) is 0 Å². The number of nitrogens with zero attached hydrogens (tertiary/aromatic N) is 1. The summed E-state index contributed by atoms with van der Waals surface area (Å²) in [5.41, 5.74) is 1.46. The van der Waals surface area contributed by atoms with Crippen LogP contribution < -0.4 is 5.32 Å².